The van der Waals surface area contributed by atoms with Crippen molar-refractivity contribution in [3.63, 3.8) is 0 Å². The first-order valence-electron chi connectivity index (χ1n) is 6.93. The average molecular weight is 299 g/mol. The van der Waals surface area contributed by atoms with E-state index < -0.39 is 17.3 Å². The molecule has 1 aromatic heterocycles. The molecule has 0 radical (unpaired) electrons. The molecule has 0 saturated carbocycles. The largest absolute Gasteiger partial charge is 0.481 e. The van der Waals surface area contributed by atoms with Gasteiger partial charge in [-0.05, 0) is 18.1 Å². The van der Waals surface area contributed by atoms with Crippen molar-refractivity contribution >= 4 is 11.9 Å². The summed E-state index contributed by atoms with van der Waals surface area (Å²) in [6, 6.07) is 10.4. The molecule has 22 heavy (non-hydrogen) atoms. The molecule has 1 aromatic carbocycles. The lowest BCUT2D eigenvalue weighted by Crippen LogP contribution is -2.46. The third kappa shape index (κ3) is 3.11. The van der Waals surface area contributed by atoms with Crippen LogP contribution in [0.3, 0.4) is 0 Å². The number of hydrogen-bond donors (Lipinski definition) is 2. The van der Waals surface area contributed by atoms with E-state index in [2.05, 4.69) is 15.3 Å². The van der Waals surface area contributed by atoms with E-state index in [1.54, 1.807) is 31.2 Å². The van der Waals surface area contributed by atoms with Crippen molar-refractivity contribution in [1.82, 2.24) is 15.3 Å². The molecule has 1 atom stereocenters. The molecule has 0 spiro atoms. The van der Waals surface area contributed by atoms with E-state index in [1.807, 2.05) is 6.07 Å². The molecule has 0 fully saturated rings. The lowest BCUT2D eigenvalue weighted by Gasteiger charge is -2.29. The smallest absolute Gasteiger partial charge is 0.315 e. The van der Waals surface area contributed by atoms with Gasteiger partial charge in [0.1, 0.15) is 17.4 Å². The number of nitrogens with zero attached hydrogens (tertiary/aromatic N) is 2. The van der Waals surface area contributed by atoms with E-state index >= 15 is 0 Å². The van der Waals surface area contributed by atoms with Crippen molar-refractivity contribution in [1.29, 1.82) is 0 Å². The van der Waals surface area contributed by atoms with Gasteiger partial charge in [0.15, 0.2) is 0 Å². The third-order valence-electron chi connectivity index (χ3n) is 3.70. The highest BCUT2D eigenvalue weighted by Gasteiger charge is 2.39. The lowest BCUT2D eigenvalue weighted by molar-refractivity contribution is -0.143. The second kappa shape index (κ2) is 6.80. The van der Waals surface area contributed by atoms with Crippen molar-refractivity contribution in [2.45, 2.75) is 18.8 Å². The Morgan fingerprint density at radius 3 is 2.50 bits per heavy atom. The quantitative estimate of drug-likeness (QED) is 0.846. The molecule has 2 aromatic rings. The van der Waals surface area contributed by atoms with Crippen LogP contribution in [-0.2, 0) is 10.2 Å². The van der Waals surface area contributed by atoms with Crippen LogP contribution < -0.4 is 5.32 Å². The first-order valence-corrected chi connectivity index (χ1v) is 6.93. The number of carboxylic acid groups (broad SMARTS) is 1. The number of carbonyl (C=O) groups is 2. The van der Waals surface area contributed by atoms with Crippen molar-refractivity contribution in [2.75, 3.05) is 6.54 Å². The van der Waals surface area contributed by atoms with E-state index in [9.17, 15) is 14.7 Å². The van der Waals surface area contributed by atoms with Crippen molar-refractivity contribution < 1.29 is 14.7 Å². The van der Waals surface area contributed by atoms with Gasteiger partial charge in [0.2, 0.25) is 0 Å². The Morgan fingerprint density at radius 2 is 1.95 bits per heavy atom. The molecule has 6 nitrogen and oxygen atoms in total. The Balaban J connectivity index is 2.22. The molecule has 2 rings (SSSR count). The van der Waals surface area contributed by atoms with Crippen molar-refractivity contribution in [3.05, 3.63) is 60.2 Å². The van der Waals surface area contributed by atoms with E-state index in [1.165, 1.54) is 18.6 Å². The van der Waals surface area contributed by atoms with Crippen LogP contribution in [0.4, 0.5) is 0 Å². The highest BCUT2D eigenvalue weighted by Crippen LogP contribution is 2.27. The molecule has 0 aliphatic heterocycles. The molecular formula is C16H17N3O3. The fourth-order valence-corrected chi connectivity index (χ4v) is 2.29. The number of carboxylic acids is 1. The number of nitrogens with one attached hydrogen (secondary N) is 1. The Bertz CT molecular complexity index is 646. The van der Waals surface area contributed by atoms with Crippen LogP contribution in [0.5, 0.6) is 0 Å². The Labute approximate surface area is 128 Å². The fourth-order valence-electron chi connectivity index (χ4n) is 2.29. The number of hydrogen-bond acceptors (Lipinski definition) is 4. The minimum absolute atomic E-state index is 0.00825. The van der Waals surface area contributed by atoms with Crippen LogP contribution in [0.25, 0.3) is 0 Å². The summed E-state index contributed by atoms with van der Waals surface area (Å²) in [6.07, 6.45) is 3.09. The molecule has 0 aliphatic carbocycles. The SMILES string of the molecule is CCC(CNC(=O)c1ccncn1)(C(=O)O)c1ccccc1. The van der Waals surface area contributed by atoms with E-state index in [-0.39, 0.29) is 12.2 Å². The molecule has 1 heterocycles. The fraction of sp³-hybridized carbons (Fsp3) is 0.250. The summed E-state index contributed by atoms with van der Waals surface area (Å²) in [5, 5.41) is 12.3. The first-order chi connectivity index (χ1) is 10.6. The number of aliphatic carboxylic acids is 1. The molecule has 114 valence electrons. The number of aromatic nitrogens is 2. The molecule has 2 N–H and O–H groups in total. The number of rotatable bonds is 6. The van der Waals surface area contributed by atoms with Crippen molar-refractivity contribution in [3.8, 4) is 0 Å². The van der Waals surface area contributed by atoms with Gasteiger partial charge in [-0.3, -0.25) is 9.59 Å². The highest BCUT2D eigenvalue weighted by atomic mass is 16.4. The van der Waals surface area contributed by atoms with Crippen LogP contribution >= 0.6 is 0 Å². The van der Waals surface area contributed by atoms with Gasteiger partial charge in [-0.2, -0.15) is 0 Å². The van der Waals surface area contributed by atoms with Gasteiger partial charge in [0.05, 0.1) is 0 Å². The lowest BCUT2D eigenvalue weighted by atomic mass is 9.78. The zero-order valence-electron chi connectivity index (χ0n) is 12.2. The maximum atomic E-state index is 12.1. The first kappa shape index (κ1) is 15.6. The highest BCUT2D eigenvalue weighted by molar-refractivity contribution is 5.93. The van der Waals surface area contributed by atoms with Gasteiger partial charge < -0.3 is 10.4 Å². The Kier molecular flexibility index (Phi) is 4.83. The summed E-state index contributed by atoms with van der Waals surface area (Å²) in [5.41, 5.74) is -0.296. The predicted molar refractivity (Wildman–Crippen MR) is 80.4 cm³/mol. The third-order valence-corrected chi connectivity index (χ3v) is 3.70. The second-order valence-electron chi connectivity index (χ2n) is 4.88. The summed E-state index contributed by atoms with van der Waals surface area (Å²) in [4.78, 5) is 31.5. The van der Waals surface area contributed by atoms with Gasteiger partial charge in [-0.1, -0.05) is 37.3 Å². The van der Waals surface area contributed by atoms with Gasteiger partial charge in [0.25, 0.3) is 5.91 Å². The molecule has 0 bridgehead atoms. The molecule has 1 amide bonds. The molecule has 1 unspecified atom stereocenters. The van der Waals surface area contributed by atoms with Gasteiger partial charge >= 0.3 is 5.97 Å². The van der Waals surface area contributed by atoms with Gasteiger partial charge in [0, 0.05) is 12.7 Å². The molecular weight excluding hydrogens is 282 g/mol. The maximum absolute atomic E-state index is 12.1. The summed E-state index contributed by atoms with van der Waals surface area (Å²) < 4.78 is 0. The van der Waals surface area contributed by atoms with E-state index in [0.29, 0.717) is 12.0 Å². The number of amides is 1. The summed E-state index contributed by atoms with van der Waals surface area (Å²) in [7, 11) is 0. The summed E-state index contributed by atoms with van der Waals surface area (Å²) in [6.45, 7) is 1.78. The summed E-state index contributed by atoms with van der Waals surface area (Å²) in [5.74, 6) is -1.39. The van der Waals surface area contributed by atoms with Crippen LogP contribution in [0.1, 0.15) is 29.4 Å². The Morgan fingerprint density at radius 1 is 1.23 bits per heavy atom. The normalized spacial score (nSPS) is 13.1. The standard InChI is InChI=1S/C16H17N3O3/c1-2-16(15(21)22,12-6-4-3-5-7-12)10-18-14(20)13-8-9-17-11-19-13/h3-9,11H,2,10H2,1H3,(H,18,20)(H,21,22). The Hall–Kier alpha value is -2.76. The zero-order chi connectivity index (χ0) is 16.0. The van der Waals surface area contributed by atoms with E-state index in [4.69, 9.17) is 0 Å². The van der Waals surface area contributed by atoms with Crippen molar-refractivity contribution in [2.24, 2.45) is 0 Å². The summed E-state index contributed by atoms with van der Waals surface area (Å²) >= 11 is 0. The zero-order valence-corrected chi connectivity index (χ0v) is 12.2. The number of carbonyl (C=O) groups excluding carboxylic acids is 1. The predicted octanol–water partition coefficient (Wildman–Crippen LogP) is 1.64. The second-order valence-corrected chi connectivity index (χ2v) is 4.88. The van der Waals surface area contributed by atoms with E-state index in [0.717, 1.165) is 0 Å². The molecule has 0 aliphatic rings. The monoisotopic (exact) mass is 299 g/mol. The minimum Gasteiger partial charge on any atom is -0.481 e. The van der Waals surface area contributed by atoms with Crippen LogP contribution in [0.15, 0.2) is 48.9 Å². The number of benzene rings is 1. The van der Waals surface area contributed by atoms with Crippen LogP contribution in [0.2, 0.25) is 0 Å². The van der Waals surface area contributed by atoms with Crippen LogP contribution in [0, 0.1) is 0 Å². The van der Waals surface area contributed by atoms with Gasteiger partial charge in [-0.15, -0.1) is 0 Å². The maximum Gasteiger partial charge on any atom is 0.315 e. The minimum atomic E-state index is -1.16. The topological polar surface area (TPSA) is 92.2 Å². The average Bonchev–Trinajstić information content (AvgIpc) is 2.57. The molecule has 6 heteroatoms. The molecule has 0 saturated heterocycles. The van der Waals surface area contributed by atoms with Gasteiger partial charge in [-0.25, -0.2) is 9.97 Å². The van der Waals surface area contributed by atoms with Crippen LogP contribution in [-0.4, -0.2) is 33.5 Å².